The molecule has 0 aromatic carbocycles. The van der Waals surface area contributed by atoms with Gasteiger partial charge in [-0.15, -0.1) is 11.6 Å². The number of nitrogens with zero attached hydrogens (tertiary/aromatic N) is 3. The summed E-state index contributed by atoms with van der Waals surface area (Å²) in [7, 11) is 1.85. The zero-order chi connectivity index (χ0) is 10.1. The van der Waals surface area contributed by atoms with E-state index in [-0.39, 0.29) is 5.91 Å². The second kappa shape index (κ2) is 3.61. The molecule has 0 radical (unpaired) electrons. The zero-order valence-electron chi connectivity index (χ0n) is 7.98. The number of hydrogen-bond acceptors (Lipinski definition) is 2. The van der Waals surface area contributed by atoms with Gasteiger partial charge in [0, 0.05) is 38.1 Å². The Bertz CT molecular complexity index is 344. The first-order chi connectivity index (χ1) is 6.70. The van der Waals surface area contributed by atoms with Crippen LogP contribution in [0.1, 0.15) is 10.5 Å². The van der Waals surface area contributed by atoms with Gasteiger partial charge in [0.15, 0.2) is 0 Å². The minimum Gasteiger partial charge on any atom is -0.340 e. The number of alkyl halides is 1. The second-order valence-corrected chi connectivity index (χ2v) is 3.96. The van der Waals surface area contributed by atoms with Crippen molar-refractivity contribution >= 4 is 17.5 Å². The number of likely N-dealkylation sites (tertiary alicyclic amines) is 1. The maximum atomic E-state index is 11.7. The summed E-state index contributed by atoms with van der Waals surface area (Å²) in [6.07, 6.45) is 3.36. The van der Waals surface area contributed by atoms with E-state index in [4.69, 9.17) is 11.6 Å². The van der Waals surface area contributed by atoms with Gasteiger partial charge in [-0.2, -0.15) is 0 Å². The Balaban J connectivity index is 1.97. The van der Waals surface area contributed by atoms with Crippen molar-refractivity contribution in [3.8, 4) is 0 Å². The van der Waals surface area contributed by atoms with Gasteiger partial charge in [0.25, 0.3) is 5.91 Å². The topological polar surface area (TPSA) is 38.1 Å². The highest BCUT2D eigenvalue weighted by atomic mass is 35.5. The Morgan fingerprint density at radius 2 is 2.43 bits per heavy atom. The van der Waals surface area contributed by atoms with Crippen LogP contribution in [-0.4, -0.2) is 39.3 Å². The fourth-order valence-corrected chi connectivity index (χ4v) is 1.71. The lowest BCUT2D eigenvalue weighted by atomic mass is 10.0. The summed E-state index contributed by atoms with van der Waals surface area (Å²) in [5.74, 6) is 1.10. The van der Waals surface area contributed by atoms with Crippen molar-refractivity contribution in [3.05, 3.63) is 18.2 Å². The molecule has 14 heavy (non-hydrogen) atoms. The lowest BCUT2D eigenvalue weighted by Gasteiger charge is -2.37. The molecule has 76 valence electrons. The summed E-state index contributed by atoms with van der Waals surface area (Å²) in [5, 5.41) is 0. The van der Waals surface area contributed by atoms with Crippen molar-refractivity contribution in [3.63, 3.8) is 0 Å². The Labute approximate surface area is 87.5 Å². The van der Waals surface area contributed by atoms with E-state index >= 15 is 0 Å². The van der Waals surface area contributed by atoms with Crippen LogP contribution >= 0.6 is 11.6 Å². The maximum Gasteiger partial charge on any atom is 0.274 e. The molecule has 1 aromatic heterocycles. The van der Waals surface area contributed by atoms with Crippen LogP contribution < -0.4 is 0 Å². The van der Waals surface area contributed by atoms with Crippen LogP contribution in [-0.2, 0) is 7.05 Å². The van der Waals surface area contributed by atoms with Crippen molar-refractivity contribution < 1.29 is 4.79 Å². The lowest BCUT2D eigenvalue weighted by Crippen LogP contribution is -2.50. The van der Waals surface area contributed by atoms with E-state index in [1.54, 1.807) is 22.0 Å². The van der Waals surface area contributed by atoms with E-state index in [1.165, 1.54) is 0 Å². The first-order valence-electron chi connectivity index (χ1n) is 4.54. The lowest BCUT2D eigenvalue weighted by molar-refractivity contribution is 0.0530. The van der Waals surface area contributed by atoms with Gasteiger partial charge >= 0.3 is 0 Å². The van der Waals surface area contributed by atoms with Gasteiger partial charge in [-0.3, -0.25) is 4.79 Å². The van der Waals surface area contributed by atoms with Gasteiger partial charge in [-0.1, -0.05) is 0 Å². The number of hydrogen-bond donors (Lipinski definition) is 0. The number of amides is 1. The van der Waals surface area contributed by atoms with Crippen LogP contribution in [0.15, 0.2) is 12.5 Å². The second-order valence-electron chi connectivity index (χ2n) is 3.65. The average Bonchev–Trinajstić information content (AvgIpc) is 2.49. The first-order valence-corrected chi connectivity index (χ1v) is 5.07. The van der Waals surface area contributed by atoms with Gasteiger partial charge in [0.2, 0.25) is 0 Å². The van der Waals surface area contributed by atoms with Gasteiger partial charge in [-0.05, 0) is 0 Å². The molecule has 2 rings (SSSR count). The first kappa shape index (κ1) is 9.52. The SMILES string of the molecule is Cn1cnc(C(=O)N2CC(CCl)C2)c1. The predicted octanol–water partition coefficient (Wildman–Crippen LogP) is 0.731. The smallest absolute Gasteiger partial charge is 0.274 e. The predicted molar refractivity (Wildman–Crippen MR) is 53.3 cm³/mol. The molecule has 1 amide bonds. The molecule has 1 aliphatic rings. The van der Waals surface area contributed by atoms with Crippen LogP contribution in [0, 0.1) is 5.92 Å². The van der Waals surface area contributed by atoms with Crippen LogP contribution in [0.25, 0.3) is 0 Å². The molecule has 0 N–H and O–H groups in total. The summed E-state index contributed by atoms with van der Waals surface area (Å²) in [6, 6.07) is 0. The summed E-state index contributed by atoms with van der Waals surface area (Å²) in [6.45, 7) is 1.53. The van der Waals surface area contributed by atoms with Crippen molar-refractivity contribution in [2.75, 3.05) is 19.0 Å². The van der Waals surface area contributed by atoms with Gasteiger partial charge < -0.3 is 9.47 Å². The third-order valence-electron chi connectivity index (χ3n) is 2.39. The molecule has 1 saturated heterocycles. The number of halogens is 1. The molecule has 0 saturated carbocycles. The van der Waals surface area contributed by atoms with E-state index < -0.39 is 0 Å². The fraction of sp³-hybridized carbons (Fsp3) is 0.556. The third-order valence-corrected chi connectivity index (χ3v) is 2.82. The standard InChI is InChI=1S/C9H12ClN3O/c1-12-5-8(11-6-12)9(14)13-3-7(2-10)4-13/h5-7H,2-4H2,1H3. The summed E-state index contributed by atoms with van der Waals surface area (Å²) in [4.78, 5) is 17.5. The number of aryl methyl sites for hydroxylation is 1. The Hall–Kier alpha value is -1.03. The Morgan fingerprint density at radius 3 is 2.93 bits per heavy atom. The van der Waals surface area contributed by atoms with Crippen LogP contribution in [0.4, 0.5) is 0 Å². The third kappa shape index (κ3) is 1.62. The molecule has 2 heterocycles. The molecule has 1 aliphatic heterocycles. The van der Waals surface area contributed by atoms with Gasteiger partial charge in [0.1, 0.15) is 5.69 Å². The summed E-state index contributed by atoms with van der Waals surface area (Å²) in [5.41, 5.74) is 0.514. The molecular formula is C9H12ClN3O. The van der Waals surface area contributed by atoms with E-state index in [2.05, 4.69) is 4.98 Å². The fourth-order valence-electron chi connectivity index (χ4n) is 1.52. The molecule has 0 bridgehead atoms. The molecule has 4 nitrogen and oxygen atoms in total. The Morgan fingerprint density at radius 1 is 1.71 bits per heavy atom. The number of aromatic nitrogens is 2. The van der Waals surface area contributed by atoms with E-state index in [0.717, 1.165) is 13.1 Å². The van der Waals surface area contributed by atoms with Crippen molar-refractivity contribution in [1.82, 2.24) is 14.5 Å². The average molecular weight is 214 g/mol. The number of rotatable bonds is 2. The van der Waals surface area contributed by atoms with Crippen molar-refractivity contribution in [1.29, 1.82) is 0 Å². The van der Waals surface area contributed by atoms with E-state index in [0.29, 0.717) is 17.5 Å². The summed E-state index contributed by atoms with van der Waals surface area (Å²) < 4.78 is 1.77. The molecule has 1 fully saturated rings. The molecule has 1 aromatic rings. The quantitative estimate of drug-likeness (QED) is 0.680. The minimum atomic E-state index is 0.00645. The van der Waals surface area contributed by atoms with Gasteiger partial charge in [0.05, 0.1) is 6.33 Å². The normalized spacial score (nSPS) is 16.9. The van der Waals surface area contributed by atoms with Crippen molar-refractivity contribution in [2.45, 2.75) is 0 Å². The highest BCUT2D eigenvalue weighted by molar-refractivity contribution is 6.18. The van der Waals surface area contributed by atoms with Crippen LogP contribution in [0.3, 0.4) is 0 Å². The highest BCUT2D eigenvalue weighted by Gasteiger charge is 2.31. The number of carbonyl (C=O) groups excluding carboxylic acids is 1. The molecule has 0 spiro atoms. The van der Waals surface area contributed by atoms with E-state index in [9.17, 15) is 4.79 Å². The zero-order valence-corrected chi connectivity index (χ0v) is 8.74. The molecular weight excluding hydrogens is 202 g/mol. The van der Waals surface area contributed by atoms with Crippen LogP contribution in [0.2, 0.25) is 0 Å². The maximum absolute atomic E-state index is 11.7. The number of carbonyl (C=O) groups is 1. The molecule has 0 aliphatic carbocycles. The monoisotopic (exact) mass is 213 g/mol. The largest absolute Gasteiger partial charge is 0.340 e. The minimum absolute atomic E-state index is 0.00645. The summed E-state index contributed by atoms with van der Waals surface area (Å²) >= 11 is 5.67. The van der Waals surface area contributed by atoms with E-state index in [1.807, 2.05) is 7.05 Å². The van der Waals surface area contributed by atoms with Gasteiger partial charge in [-0.25, -0.2) is 4.98 Å². The highest BCUT2D eigenvalue weighted by Crippen LogP contribution is 2.18. The van der Waals surface area contributed by atoms with Crippen LogP contribution in [0.5, 0.6) is 0 Å². The molecule has 0 unspecified atom stereocenters. The molecule has 0 atom stereocenters. The number of imidazole rings is 1. The van der Waals surface area contributed by atoms with Crippen molar-refractivity contribution in [2.24, 2.45) is 13.0 Å². The Kier molecular flexibility index (Phi) is 2.46. The molecule has 5 heteroatoms.